The van der Waals surface area contributed by atoms with E-state index in [4.69, 9.17) is 22.8 Å². The van der Waals surface area contributed by atoms with Crippen LogP contribution in [0.1, 0.15) is 17.8 Å². The Bertz CT molecular complexity index is 2820. The highest BCUT2D eigenvalue weighted by molar-refractivity contribution is 6.09. The molecule has 8 rings (SSSR count). The van der Waals surface area contributed by atoms with Crippen molar-refractivity contribution in [3.63, 3.8) is 0 Å². The molecule has 0 N–H and O–H groups in total. The first-order valence-electron chi connectivity index (χ1n) is 19.3. The van der Waals surface area contributed by atoms with E-state index in [1.807, 2.05) is 30.3 Å². The first-order valence-corrected chi connectivity index (χ1v) is 12.8. The van der Waals surface area contributed by atoms with Gasteiger partial charge in [-0.25, -0.2) is 9.97 Å². The van der Waals surface area contributed by atoms with Gasteiger partial charge in [0.15, 0.2) is 11.6 Å². The Labute approximate surface area is 260 Å². The van der Waals surface area contributed by atoms with Gasteiger partial charge in [0.2, 0.25) is 5.95 Å². The van der Waals surface area contributed by atoms with Crippen molar-refractivity contribution in [3.05, 3.63) is 146 Å². The SMILES string of the molecule is [2H]c1c([2H])c([2H])c(-c2nc(-c3ccccc3-n3ccnc3-c3ccccc3)nc(-n3c4c([2H])c([2H])c([2H])c([2H])c4c4c([2H])c([2H])c([2H])c([2H])c43)n2)c([2H])c1[2H]. The third-order valence-corrected chi connectivity index (χ3v) is 6.66. The first kappa shape index (κ1) is 14.1. The van der Waals surface area contributed by atoms with Gasteiger partial charge in [0.25, 0.3) is 0 Å². The molecule has 3 aromatic heterocycles. The Hall–Kier alpha value is -5.88. The lowest BCUT2D eigenvalue weighted by Gasteiger charge is -2.15. The van der Waals surface area contributed by atoms with Gasteiger partial charge >= 0.3 is 0 Å². The van der Waals surface area contributed by atoms with Crippen molar-refractivity contribution >= 4 is 21.8 Å². The van der Waals surface area contributed by atoms with E-state index in [2.05, 4.69) is 15.0 Å². The summed E-state index contributed by atoms with van der Waals surface area (Å²) in [5.41, 5.74) is 0.698. The van der Waals surface area contributed by atoms with Crippen LogP contribution in [0.15, 0.2) is 146 Å². The summed E-state index contributed by atoms with van der Waals surface area (Å²) in [6.45, 7) is 0. The smallest absolute Gasteiger partial charge is 0.238 e. The lowest BCUT2D eigenvalue weighted by Crippen LogP contribution is -2.08. The summed E-state index contributed by atoms with van der Waals surface area (Å²) in [6.07, 6.45) is 3.33. The molecular formula is C36H24N6. The van der Waals surface area contributed by atoms with Crippen LogP contribution in [-0.2, 0) is 0 Å². The molecule has 198 valence electrons. The molecule has 0 aliphatic rings. The Balaban J connectivity index is 1.55. The van der Waals surface area contributed by atoms with E-state index in [1.165, 1.54) is 0 Å². The number of imidazole rings is 1. The van der Waals surface area contributed by atoms with E-state index >= 15 is 0 Å². The summed E-state index contributed by atoms with van der Waals surface area (Å²) < 4.78 is 115. The maximum absolute atomic E-state index is 8.97. The molecule has 0 saturated carbocycles. The molecule has 0 spiro atoms. The predicted molar refractivity (Wildman–Crippen MR) is 168 cm³/mol. The van der Waals surface area contributed by atoms with Crippen molar-refractivity contribution in [1.29, 1.82) is 0 Å². The standard InChI is InChI=1S/C36H24N6/c1-3-13-25(14-4-1)33-38-34(29-19-9-10-20-30(29)41-24-23-37-35(41)26-15-5-2-6-16-26)40-36(39-33)42-31-21-11-7-17-27(31)28-18-8-12-22-32(28)42/h1-24H/i1D,3D,4D,7D,8D,11D,12D,13D,14D,17D,18D,21D,22D. The van der Waals surface area contributed by atoms with Crippen LogP contribution in [0.4, 0.5) is 0 Å². The molecule has 6 heteroatoms. The van der Waals surface area contributed by atoms with Crippen LogP contribution >= 0.6 is 0 Å². The number of rotatable bonds is 5. The average molecular weight is 554 g/mol. The van der Waals surface area contributed by atoms with Crippen molar-refractivity contribution in [3.8, 4) is 45.8 Å². The predicted octanol–water partition coefficient (Wildman–Crippen LogP) is 8.16. The maximum atomic E-state index is 8.97. The third kappa shape index (κ3) is 3.97. The number of nitrogens with zero attached hydrogens (tertiary/aromatic N) is 6. The minimum atomic E-state index is -0.661. The van der Waals surface area contributed by atoms with Gasteiger partial charge in [-0.1, -0.05) is 109 Å². The van der Waals surface area contributed by atoms with Crippen LogP contribution in [0.5, 0.6) is 0 Å². The molecule has 0 bridgehead atoms. The van der Waals surface area contributed by atoms with Gasteiger partial charge in [0.05, 0.1) is 34.5 Å². The molecule has 0 radical (unpaired) electrons. The lowest BCUT2D eigenvalue weighted by atomic mass is 10.1. The normalized spacial score (nSPS) is 15.7. The van der Waals surface area contributed by atoms with E-state index < -0.39 is 95.9 Å². The van der Waals surface area contributed by atoms with Gasteiger partial charge in [0.1, 0.15) is 5.82 Å². The Morgan fingerprint density at radius 2 is 1.21 bits per heavy atom. The van der Waals surface area contributed by atoms with Gasteiger partial charge in [-0.2, -0.15) is 9.97 Å². The minimum absolute atomic E-state index is 0.105. The number of benzene rings is 5. The summed E-state index contributed by atoms with van der Waals surface area (Å²) >= 11 is 0. The molecule has 0 amide bonds. The average Bonchev–Trinajstić information content (AvgIpc) is 3.84. The van der Waals surface area contributed by atoms with E-state index in [1.54, 1.807) is 41.2 Å². The zero-order valence-electron chi connectivity index (χ0n) is 34.5. The molecule has 3 heterocycles. The van der Waals surface area contributed by atoms with Crippen LogP contribution < -0.4 is 0 Å². The quantitative estimate of drug-likeness (QED) is 0.216. The molecular weight excluding hydrogens is 516 g/mol. The van der Waals surface area contributed by atoms with Gasteiger partial charge in [0, 0.05) is 39.9 Å². The zero-order valence-corrected chi connectivity index (χ0v) is 21.5. The van der Waals surface area contributed by atoms with Crippen molar-refractivity contribution in [2.24, 2.45) is 0 Å². The molecule has 5 aromatic carbocycles. The fraction of sp³-hybridized carbons (Fsp3) is 0. The zero-order chi connectivity index (χ0) is 39.2. The van der Waals surface area contributed by atoms with Crippen molar-refractivity contribution in [2.45, 2.75) is 0 Å². The second-order valence-corrected chi connectivity index (χ2v) is 9.07. The van der Waals surface area contributed by atoms with Gasteiger partial charge in [-0.05, 0) is 24.2 Å². The summed E-state index contributed by atoms with van der Waals surface area (Å²) in [4.78, 5) is 18.5. The Kier molecular flexibility index (Phi) is 3.35. The molecule has 42 heavy (non-hydrogen) atoms. The third-order valence-electron chi connectivity index (χ3n) is 6.66. The maximum Gasteiger partial charge on any atom is 0.238 e. The van der Waals surface area contributed by atoms with Crippen LogP contribution in [-0.4, -0.2) is 29.1 Å². The molecule has 0 fully saturated rings. The van der Waals surface area contributed by atoms with Crippen LogP contribution in [0.3, 0.4) is 0 Å². The van der Waals surface area contributed by atoms with Gasteiger partial charge in [-0.3, -0.25) is 9.13 Å². The highest BCUT2D eigenvalue weighted by Gasteiger charge is 2.20. The molecule has 0 saturated heterocycles. The lowest BCUT2D eigenvalue weighted by molar-refractivity contribution is 0.950. The molecule has 0 aliphatic carbocycles. The van der Waals surface area contributed by atoms with Gasteiger partial charge in [-0.15, -0.1) is 0 Å². The first-order chi connectivity index (χ1) is 26.2. The van der Waals surface area contributed by atoms with Crippen molar-refractivity contribution in [2.75, 3.05) is 0 Å². The van der Waals surface area contributed by atoms with Gasteiger partial charge < -0.3 is 0 Å². The van der Waals surface area contributed by atoms with E-state index in [0.717, 1.165) is 10.1 Å². The second kappa shape index (κ2) is 9.94. The van der Waals surface area contributed by atoms with E-state index in [9.17, 15) is 0 Å². The van der Waals surface area contributed by atoms with Crippen LogP contribution in [0.2, 0.25) is 0 Å². The number of aromatic nitrogens is 6. The molecule has 6 nitrogen and oxygen atoms in total. The molecule has 8 aromatic rings. The number of para-hydroxylation sites is 3. The summed E-state index contributed by atoms with van der Waals surface area (Å²) in [5, 5.41) is -0.434. The second-order valence-electron chi connectivity index (χ2n) is 9.07. The van der Waals surface area contributed by atoms with Crippen LogP contribution in [0, 0.1) is 0 Å². The van der Waals surface area contributed by atoms with Crippen molar-refractivity contribution < 1.29 is 17.8 Å². The summed E-state index contributed by atoms with van der Waals surface area (Å²) in [5.74, 6) is -0.364. The van der Waals surface area contributed by atoms with E-state index in [-0.39, 0.29) is 27.6 Å². The fourth-order valence-electron chi connectivity index (χ4n) is 4.85. The molecule has 0 aliphatic heterocycles. The Morgan fingerprint density at radius 3 is 1.98 bits per heavy atom. The number of hydrogen-bond donors (Lipinski definition) is 0. The minimum Gasteiger partial charge on any atom is -0.299 e. The monoisotopic (exact) mass is 553 g/mol. The summed E-state index contributed by atoms with van der Waals surface area (Å²) in [6, 6.07) is 8.13. The topological polar surface area (TPSA) is 61.4 Å². The number of fused-ring (bicyclic) bond motifs is 3. The highest BCUT2D eigenvalue weighted by Crippen LogP contribution is 2.33. The largest absolute Gasteiger partial charge is 0.299 e. The summed E-state index contributed by atoms with van der Waals surface area (Å²) in [7, 11) is 0. The molecule has 0 unspecified atom stereocenters. The van der Waals surface area contributed by atoms with Crippen LogP contribution in [0.25, 0.3) is 67.6 Å². The van der Waals surface area contributed by atoms with E-state index in [0.29, 0.717) is 17.1 Å². The Morgan fingerprint density at radius 1 is 0.571 bits per heavy atom. The fourth-order valence-corrected chi connectivity index (χ4v) is 4.85. The molecule has 0 atom stereocenters. The van der Waals surface area contributed by atoms with Crippen molar-refractivity contribution in [1.82, 2.24) is 29.1 Å². The number of hydrogen-bond acceptors (Lipinski definition) is 4. The highest BCUT2D eigenvalue weighted by atomic mass is 15.2.